The van der Waals surface area contributed by atoms with E-state index < -0.39 is 34.8 Å². The van der Waals surface area contributed by atoms with Gasteiger partial charge >= 0.3 is 12.4 Å². The van der Waals surface area contributed by atoms with E-state index in [9.17, 15) is 31.1 Å². The zero-order valence-electron chi connectivity index (χ0n) is 18.4. The van der Waals surface area contributed by atoms with E-state index in [2.05, 4.69) is 5.32 Å². The van der Waals surface area contributed by atoms with Gasteiger partial charge in [-0.25, -0.2) is 0 Å². The first-order valence-electron chi connectivity index (χ1n) is 10.2. The molecule has 2 aromatic carbocycles. The molecule has 1 amide bonds. The molecular formula is C23H27F6N3O. The van der Waals surface area contributed by atoms with E-state index >= 15 is 0 Å². The average Bonchev–Trinajstić information content (AvgIpc) is 2.72. The number of hydrogen-bond acceptors (Lipinski definition) is 3. The molecule has 0 aliphatic heterocycles. The van der Waals surface area contributed by atoms with Crippen LogP contribution in [0.3, 0.4) is 0 Å². The number of carbonyl (C=O) groups excluding carboxylic acids is 1. The van der Waals surface area contributed by atoms with Crippen molar-refractivity contribution >= 4 is 5.91 Å². The number of benzene rings is 2. The summed E-state index contributed by atoms with van der Waals surface area (Å²) in [4.78, 5) is 15.0. The molecule has 0 saturated heterocycles. The maximum Gasteiger partial charge on any atom is 0.416 e. The third-order valence-corrected chi connectivity index (χ3v) is 5.36. The second kappa shape index (κ2) is 10.6. The van der Waals surface area contributed by atoms with Gasteiger partial charge in [-0.3, -0.25) is 4.79 Å². The zero-order valence-corrected chi connectivity index (χ0v) is 18.4. The van der Waals surface area contributed by atoms with Gasteiger partial charge in [0.2, 0.25) is 5.91 Å². The van der Waals surface area contributed by atoms with Crippen LogP contribution in [0.5, 0.6) is 0 Å². The van der Waals surface area contributed by atoms with Gasteiger partial charge in [0.05, 0.1) is 16.5 Å². The SMILES string of the molecule is CN(C)CCNC(=O)C(CN)(Cc1ccc(C(F)(F)F)cc1)Cc1ccc(C(F)(F)F)cc1. The van der Waals surface area contributed by atoms with Gasteiger partial charge in [-0.1, -0.05) is 24.3 Å². The number of alkyl halides is 6. The molecule has 0 aliphatic carbocycles. The second-order valence-electron chi connectivity index (χ2n) is 8.29. The maximum absolute atomic E-state index is 13.2. The van der Waals surface area contributed by atoms with Crippen molar-refractivity contribution in [3.8, 4) is 0 Å². The van der Waals surface area contributed by atoms with E-state index in [-0.39, 0.29) is 19.4 Å². The second-order valence-corrected chi connectivity index (χ2v) is 8.29. The molecule has 0 aromatic heterocycles. The minimum Gasteiger partial charge on any atom is -0.354 e. The van der Waals surface area contributed by atoms with Crippen molar-refractivity contribution in [2.24, 2.45) is 11.1 Å². The van der Waals surface area contributed by atoms with Crippen LogP contribution in [0.4, 0.5) is 26.3 Å². The average molecular weight is 475 g/mol. The number of likely N-dealkylation sites (N-methyl/N-ethyl adjacent to an activating group) is 1. The van der Waals surface area contributed by atoms with Gasteiger partial charge in [0.25, 0.3) is 0 Å². The Bertz CT molecular complexity index is 846. The highest BCUT2D eigenvalue weighted by Crippen LogP contribution is 2.33. The van der Waals surface area contributed by atoms with Crippen molar-refractivity contribution in [1.82, 2.24) is 10.2 Å². The first kappa shape index (κ1) is 26.7. The third kappa shape index (κ3) is 7.46. The van der Waals surface area contributed by atoms with Crippen molar-refractivity contribution in [2.45, 2.75) is 25.2 Å². The summed E-state index contributed by atoms with van der Waals surface area (Å²) in [5, 5.41) is 2.80. The van der Waals surface area contributed by atoms with E-state index in [1.165, 1.54) is 24.3 Å². The predicted molar refractivity (Wildman–Crippen MR) is 113 cm³/mol. The summed E-state index contributed by atoms with van der Waals surface area (Å²) >= 11 is 0. The molecule has 4 nitrogen and oxygen atoms in total. The molecule has 33 heavy (non-hydrogen) atoms. The van der Waals surface area contributed by atoms with E-state index in [1.807, 2.05) is 19.0 Å². The van der Waals surface area contributed by atoms with E-state index in [4.69, 9.17) is 5.73 Å². The number of nitrogens with zero attached hydrogens (tertiary/aromatic N) is 1. The number of rotatable bonds is 9. The van der Waals surface area contributed by atoms with E-state index in [0.29, 0.717) is 24.2 Å². The summed E-state index contributed by atoms with van der Waals surface area (Å²) in [6, 6.07) is 8.86. The van der Waals surface area contributed by atoms with E-state index in [1.54, 1.807) is 0 Å². The van der Waals surface area contributed by atoms with Crippen molar-refractivity contribution in [3.63, 3.8) is 0 Å². The number of carbonyl (C=O) groups is 1. The fourth-order valence-corrected chi connectivity index (χ4v) is 3.45. The summed E-state index contributed by atoms with van der Waals surface area (Å²) in [7, 11) is 3.65. The Kier molecular flexibility index (Phi) is 8.53. The van der Waals surface area contributed by atoms with Gasteiger partial charge in [-0.2, -0.15) is 26.3 Å². The van der Waals surface area contributed by atoms with Crippen LogP contribution in [0.15, 0.2) is 48.5 Å². The van der Waals surface area contributed by atoms with Crippen LogP contribution in [0.25, 0.3) is 0 Å². The predicted octanol–water partition coefficient (Wildman–Crippen LogP) is 4.13. The summed E-state index contributed by atoms with van der Waals surface area (Å²) in [5.74, 6) is -0.411. The minimum absolute atomic E-state index is 0.0243. The molecule has 0 unspecified atom stereocenters. The summed E-state index contributed by atoms with van der Waals surface area (Å²) in [6.07, 6.45) is -8.94. The van der Waals surface area contributed by atoms with Gasteiger partial charge in [0.15, 0.2) is 0 Å². The first-order valence-corrected chi connectivity index (χ1v) is 10.2. The molecule has 0 saturated carbocycles. The Balaban J connectivity index is 2.34. The molecule has 0 spiro atoms. The lowest BCUT2D eigenvalue weighted by Gasteiger charge is -2.32. The molecular weight excluding hydrogens is 448 g/mol. The monoisotopic (exact) mass is 475 g/mol. The van der Waals surface area contributed by atoms with Crippen LogP contribution in [0, 0.1) is 5.41 Å². The van der Waals surface area contributed by atoms with Crippen molar-refractivity contribution < 1.29 is 31.1 Å². The fourth-order valence-electron chi connectivity index (χ4n) is 3.45. The van der Waals surface area contributed by atoms with Crippen molar-refractivity contribution in [3.05, 3.63) is 70.8 Å². The van der Waals surface area contributed by atoms with Crippen LogP contribution in [0.1, 0.15) is 22.3 Å². The highest BCUT2D eigenvalue weighted by molar-refractivity contribution is 5.83. The van der Waals surface area contributed by atoms with Gasteiger partial charge in [0, 0.05) is 19.6 Å². The summed E-state index contributed by atoms with van der Waals surface area (Å²) < 4.78 is 77.4. The van der Waals surface area contributed by atoms with Crippen LogP contribution in [-0.2, 0) is 30.0 Å². The minimum atomic E-state index is -4.49. The highest BCUT2D eigenvalue weighted by atomic mass is 19.4. The molecule has 0 fully saturated rings. The normalized spacial score (nSPS) is 12.8. The Morgan fingerprint density at radius 1 is 0.818 bits per heavy atom. The maximum atomic E-state index is 13.2. The number of nitrogens with one attached hydrogen (secondary N) is 1. The summed E-state index contributed by atoms with van der Waals surface area (Å²) in [5.41, 5.74) is 4.03. The standard InChI is InChI=1S/C23H27F6N3O/c1-32(2)12-11-31-20(33)21(15-30,13-16-3-7-18(8-4-16)22(24,25)26)14-17-5-9-19(10-6-17)23(27,28)29/h3-10H,11-15,30H2,1-2H3,(H,31,33). The fraction of sp³-hybridized carbons (Fsp3) is 0.435. The van der Waals surface area contributed by atoms with Crippen molar-refractivity contribution in [1.29, 1.82) is 0 Å². The highest BCUT2D eigenvalue weighted by Gasteiger charge is 2.38. The number of nitrogens with two attached hydrogens (primary N) is 1. The Hall–Kier alpha value is -2.59. The first-order chi connectivity index (χ1) is 15.3. The Morgan fingerprint density at radius 3 is 1.52 bits per heavy atom. The largest absolute Gasteiger partial charge is 0.416 e. The van der Waals surface area contributed by atoms with E-state index in [0.717, 1.165) is 24.3 Å². The van der Waals surface area contributed by atoms with Gasteiger partial charge in [-0.05, 0) is 62.3 Å². The molecule has 182 valence electrons. The molecule has 3 N–H and O–H groups in total. The number of amides is 1. The zero-order chi connectivity index (χ0) is 24.9. The molecule has 0 aliphatic rings. The molecule has 0 bridgehead atoms. The Labute approximate surface area is 188 Å². The lowest BCUT2D eigenvalue weighted by atomic mass is 9.75. The van der Waals surface area contributed by atoms with Crippen LogP contribution >= 0.6 is 0 Å². The lowest BCUT2D eigenvalue weighted by Crippen LogP contribution is -2.50. The number of halogens is 6. The molecule has 0 atom stereocenters. The molecule has 0 heterocycles. The van der Waals surface area contributed by atoms with Crippen LogP contribution in [-0.4, -0.2) is 44.5 Å². The van der Waals surface area contributed by atoms with Crippen molar-refractivity contribution in [2.75, 3.05) is 33.7 Å². The van der Waals surface area contributed by atoms with Crippen LogP contribution in [0.2, 0.25) is 0 Å². The Morgan fingerprint density at radius 2 is 1.21 bits per heavy atom. The smallest absolute Gasteiger partial charge is 0.354 e. The number of hydrogen-bond donors (Lipinski definition) is 2. The van der Waals surface area contributed by atoms with Gasteiger partial charge < -0.3 is 16.0 Å². The molecule has 10 heteroatoms. The van der Waals surface area contributed by atoms with Gasteiger partial charge in [-0.15, -0.1) is 0 Å². The quantitative estimate of drug-likeness (QED) is 0.537. The summed E-state index contributed by atoms with van der Waals surface area (Å²) in [6.45, 7) is 0.712. The molecule has 2 aromatic rings. The molecule has 2 rings (SSSR count). The topological polar surface area (TPSA) is 58.4 Å². The molecule has 0 radical (unpaired) electrons. The lowest BCUT2D eigenvalue weighted by molar-refractivity contribution is -0.138. The third-order valence-electron chi connectivity index (χ3n) is 5.36. The van der Waals surface area contributed by atoms with Crippen LogP contribution < -0.4 is 11.1 Å². The van der Waals surface area contributed by atoms with Gasteiger partial charge in [0.1, 0.15) is 0 Å².